The van der Waals surface area contributed by atoms with Crippen LogP contribution in [0.15, 0.2) is 35.5 Å². The number of carboxylic acid groups (broad SMARTS) is 1. The van der Waals surface area contributed by atoms with E-state index in [9.17, 15) is 4.79 Å². The lowest BCUT2D eigenvalue weighted by molar-refractivity contribution is -0.137. The third-order valence-electron chi connectivity index (χ3n) is 3.33. The van der Waals surface area contributed by atoms with Crippen molar-refractivity contribution in [1.29, 1.82) is 0 Å². The molecule has 3 aromatic rings. The molecule has 0 saturated heterocycles. The van der Waals surface area contributed by atoms with Crippen molar-refractivity contribution in [2.75, 3.05) is 6.26 Å². The molecule has 0 fully saturated rings. The van der Waals surface area contributed by atoms with Crippen LogP contribution in [0.2, 0.25) is 5.02 Å². The SMILES string of the molecule is CSc1cc(-c2cn(CCC(=O)O)nn2)c2cc(Cl)ccc2n1. The van der Waals surface area contributed by atoms with Gasteiger partial charge in [0.1, 0.15) is 5.69 Å². The van der Waals surface area contributed by atoms with Gasteiger partial charge >= 0.3 is 5.97 Å². The predicted octanol–water partition coefficient (Wildman–Crippen LogP) is 3.34. The number of carbonyl (C=O) groups is 1. The first-order chi connectivity index (χ1) is 11.1. The van der Waals surface area contributed by atoms with E-state index in [4.69, 9.17) is 16.7 Å². The van der Waals surface area contributed by atoms with Gasteiger partial charge in [-0.3, -0.25) is 9.48 Å². The summed E-state index contributed by atoms with van der Waals surface area (Å²) in [5.41, 5.74) is 2.38. The lowest BCUT2D eigenvalue weighted by Gasteiger charge is -2.06. The van der Waals surface area contributed by atoms with Crippen LogP contribution in [0.1, 0.15) is 6.42 Å². The van der Waals surface area contributed by atoms with Crippen LogP contribution < -0.4 is 0 Å². The van der Waals surface area contributed by atoms with Crippen molar-refractivity contribution in [2.45, 2.75) is 18.0 Å². The van der Waals surface area contributed by atoms with Crippen molar-refractivity contribution in [3.05, 3.63) is 35.5 Å². The topological polar surface area (TPSA) is 80.9 Å². The van der Waals surface area contributed by atoms with Crippen LogP contribution in [0.4, 0.5) is 0 Å². The van der Waals surface area contributed by atoms with E-state index in [2.05, 4.69) is 15.3 Å². The van der Waals surface area contributed by atoms with Crippen LogP contribution in [-0.4, -0.2) is 37.3 Å². The molecule has 2 aromatic heterocycles. The number of carboxylic acids is 1. The third-order valence-corrected chi connectivity index (χ3v) is 4.19. The molecule has 3 rings (SSSR count). The van der Waals surface area contributed by atoms with Crippen molar-refractivity contribution in [1.82, 2.24) is 20.0 Å². The fraction of sp³-hybridized carbons (Fsp3) is 0.200. The molecule has 23 heavy (non-hydrogen) atoms. The highest BCUT2D eigenvalue weighted by atomic mass is 35.5. The van der Waals surface area contributed by atoms with E-state index in [1.165, 1.54) is 4.68 Å². The molecule has 1 N–H and O–H groups in total. The number of aliphatic carboxylic acids is 1. The van der Waals surface area contributed by atoms with E-state index in [1.54, 1.807) is 24.0 Å². The Labute approximate surface area is 141 Å². The summed E-state index contributed by atoms with van der Waals surface area (Å²) < 4.78 is 1.53. The smallest absolute Gasteiger partial charge is 0.305 e. The van der Waals surface area contributed by atoms with Gasteiger partial charge in [0.25, 0.3) is 0 Å². The standard InChI is InChI=1S/C15H13ClN4O2S/c1-23-14-7-11(10-6-9(16)2-3-12(10)17-14)13-8-20(19-18-13)5-4-15(21)22/h2-3,6-8H,4-5H2,1H3,(H,21,22). The van der Waals surface area contributed by atoms with Gasteiger partial charge in [-0.15, -0.1) is 16.9 Å². The van der Waals surface area contributed by atoms with Gasteiger partial charge in [0, 0.05) is 16.0 Å². The van der Waals surface area contributed by atoms with Crippen LogP contribution in [0.3, 0.4) is 0 Å². The minimum Gasteiger partial charge on any atom is -0.481 e. The number of thioether (sulfide) groups is 1. The molecule has 8 heteroatoms. The molecule has 0 spiro atoms. The second-order valence-corrected chi connectivity index (χ2v) is 6.15. The summed E-state index contributed by atoms with van der Waals surface area (Å²) in [7, 11) is 0. The number of halogens is 1. The maximum absolute atomic E-state index is 10.7. The summed E-state index contributed by atoms with van der Waals surface area (Å²) in [5.74, 6) is -0.868. The van der Waals surface area contributed by atoms with E-state index < -0.39 is 5.97 Å². The fourth-order valence-electron chi connectivity index (χ4n) is 2.23. The van der Waals surface area contributed by atoms with E-state index in [0.717, 1.165) is 21.5 Å². The van der Waals surface area contributed by atoms with E-state index in [0.29, 0.717) is 10.7 Å². The van der Waals surface area contributed by atoms with Crippen LogP contribution in [-0.2, 0) is 11.3 Å². The number of fused-ring (bicyclic) bond motifs is 1. The Kier molecular flexibility index (Phi) is 4.49. The lowest BCUT2D eigenvalue weighted by Crippen LogP contribution is -2.04. The monoisotopic (exact) mass is 348 g/mol. The molecule has 0 amide bonds. The summed E-state index contributed by atoms with van der Waals surface area (Å²) in [4.78, 5) is 15.2. The molecule has 1 aromatic carbocycles. The number of hydrogen-bond acceptors (Lipinski definition) is 5. The second-order valence-electron chi connectivity index (χ2n) is 4.88. The molecule has 0 atom stereocenters. The second kappa shape index (κ2) is 6.55. The zero-order valence-electron chi connectivity index (χ0n) is 12.2. The molecular formula is C15H13ClN4O2S. The number of hydrogen-bond donors (Lipinski definition) is 1. The summed E-state index contributed by atoms with van der Waals surface area (Å²) in [5, 5.41) is 19.3. The van der Waals surface area contributed by atoms with Gasteiger partial charge in [-0.2, -0.15) is 0 Å². The first-order valence-electron chi connectivity index (χ1n) is 6.83. The van der Waals surface area contributed by atoms with Crippen molar-refractivity contribution < 1.29 is 9.90 Å². The molecule has 0 bridgehead atoms. The van der Waals surface area contributed by atoms with Crippen molar-refractivity contribution in [2.24, 2.45) is 0 Å². The van der Waals surface area contributed by atoms with Crippen LogP contribution >= 0.6 is 23.4 Å². The first kappa shape index (κ1) is 15.8. The minimum absolute atomic E-state index is 0.00177. The lowest BCUT2D eigenvalue weighted by atomic mass is 10.1. The summed E-state index contributed by atoms with van der Waals surface area (Å²) in [6.45, 7) is 0.279. The van der Waals surface area contributed by atoms with Gasteiger partial charge in [0.05, 0.1) is 29.7 Å². The summed E-state index contributed by atoms with van der Waals surface area (Å²) in [6, 6.07) is 7.46. The maximum atomic E-state index is 10.7. The molecule has 0 aliphatic rings. The van der Waals surface area contributed by atoms with Gasteiger partial charge in [-0.25, -0.2) is 4.98 Å². The molecule has 0 saturated carbocycles. The number of pyridine rings is 1. The number of nitrogens with zero attached hydrogens (tertiary/aromatic N) is 4. The Morgan fingerprint density at radius 3 is 2.96 bits per heavy atom. The predicted molar refractivity (Wildman–Crippen MR) is 89.8 cm³/mol. The highest BCUT2D eigenvalue weighted by Gasteiger charge is 2.12. The average molecular weight is 349 g/mol. The van der Waals surface area contributed by atoms with E-state index in [1.807, 2.05) is 24.5 Å². The average Bonchev–Trinajstić information content (AvgIpc) is 3.00. The van der Waals surface area contributed by atoms with Gasteiger partial charge in [0.2, 0.25) is 0 Å². The Hall–Kier alpha value is -2.12. The Morgan fingerprint density at radius 1 is 1.39 bits per heavy atom. The molecule has 118 valence electrons. The Balaban J connectivity index is 2.07. The van der Waals surface area contributed by atoms with Crippen molar-refractivity contribution >= 4 is 40.2 Å². The van der Waals surface area contributed by atoms with Crippen LogP contribution in [0.5, 0.6) is 0 Å². The number of aryl methyl sites for hydroxylation is 1. The molecular weight excluding hydrogens is 336 g/mol. The van der Waals surface area contributed by atoms with Gasteiger partial charge in [0.15, 0.2) is 0 Å². The normalized spacial score (nSPS) is 11.0. The molecule has 0 radical (unpaired) electrons. The molecule has 2 heterocycles. The molecule has 0 aliphatic heterocycles. The molecule has 0 unspecified atom stereocenters. The maximum Gasteiger partial charge on any atom is 0.305 e. The fourth-order valence-corrected chi connectivity index (χ4v) is 2.83. The quantitative estimate of drug-likeness (QED) is 0.712. The highest BCUT2D eigenvalue weighted by molar-refractivity contribution is 7.98. The molecule has 6 nitrogen and oxygen atoms in total. The molecule has 0 aliphatic carbocycles. The Bertz CT molecular complexity index is 881. The summed E-state index contributed by atoms with van der Waals surface area (Å²) >= 11 is 7.64. The van der Waals surface area contributed by atoms with Crippen LogP contribution in [0.25, 0.3) is 22.2 Å². The zero-order valence-corrected chi connectivity index (χ0v) is 13.8. The minimum atomic E-state index is -0.868. The highest BCUT2D eigenvalue weighted by Crippen LogP contribution is 2.31. The van der Waals surface area contributed by atoms with Crippen LogP contribution in [0, 0.1) is 0 Å². The first-order valence-corrected chi connectivity index (χ1v) is 8.43. The van der Waals surface area contributed by atoms with Gasteiger partial charge in [-0.1, -0.05) is 16.8 Å². The number of rotatable bonds is 5. The van der Waals surface area contributed by atoms with Crippen molar-refractivity contribution in [3.8, 4) is 11.3 Å². The largest absolute Gasteiger partial charge is 0.481 e. The Morgan fingerprint density at radius 2 is 2.22 bits per heavy atom. The number of benzene rings is 1. The van der Waals surface area contributed by atoms with Gasteiger partial charge < -0.3 is 5.11 Å². The number of aromatic nitrogens is 4. The van der Waals surface area contributed by atoms with E-state index >= 15 is 0 Å². The van der Waals surface area contributed by atoms with E-state index in [-0.39, 0.29) is 13.0 Å². The third kappa shape index (κ3) is 3.46. The van der Waals surface area contributed by atoms with Crippen molar-refractivity contribution in [3.63, 3.8) is 0 Å². The van der Waals surface area contributed by atoms with Gasteiger partial charge in [-0.05, 0) is 30.5 Å². The zero-order chi connectivity index (χ0) is 16.4. The summed E-state index contributed by atoms with van der Waals surface area (Å²) in [6.07, 6.45) is 3.70.